The number of benzene rings is 3. The van der Waals surface area contributed by atoms with E-state index >= 15 is 0 Å². The van der Waals surface area contributed by atoms with Crippen LogP contribution in [0.4, 0.5) is 0 Å². The van der Waals surface area contributed by atoms with Crippen LogP contribution in [-0.4, -0.2) is 34.5 Å². The van der Waals surface area contributed by atoms with E-state index in [1.54, 1.807) is 6.20 Å². The van der Waals surface area contributed by atoms with E-state index in [-0.39, 0.29) is 0 Å². The molecule has 7 heterocycles. The fourth-order valence-electron chi connectivity index (χ4n) is 7.01. The lowest BCUT2D eigenvalue weighted by Crippen LogP contribution is -1.98. The molecule has 0 saturated carbocycles. The van der Waals surface area contributed by atoms with Crippen molar-refractivity contribution in [2.45, 2.75) is 0 Å². The maximum atomic E-state index is 5.10. The molecule has 0 unspecified atom stereocenters. The van der Waals surface area contributed by atoms with Crippen molar-refractivity contribution >= 4 is 43.6 Å². The molecule has 51 heavy (non-hydrogen) atoms. The van der Waals surface area contributed by atoms with E-state index in [4.69, 9.17) is 15.0 Å². The number of hydrogen-bond donors (Lipinski definition) is 0. The average Bonchev–Trinajstić information content (AvgIpc) is 3.55. The van der Waals surface area contributed by atoms with E-state index < -0.39 is 0 Å². The minimum Gasteiger partial charge on any atom is -0.294 e. The molecule has 0 atom stereocenters. The molecule has 0 aliphatic rings. The Morgan fingerprint density at radius 1 is 0.373 bits per heavy atom. The molecule has 238 valence electrons. The second-order valence-corrected chi connectivity index (χ2v) is 12.5. The first-order valence-corrected chi connectivity index (χ1v) is 16.8. The smallest absolute Gasteiger partial charge is 0.137 e. The summed E-state index contributed by atoms with van der Waals surface area (Å²) in [6, 6.07) is 45.5. The van der Waals surface area contributed by atoms with Crippen molar-refractivity contribution in [3.05, 3.63) is 164 Å². The molecule has 0 spiro atoms. The van der Waals surface area contributed by atoms with Gasteiger partial charge in [0.05, 0.1) is 44.8 Å². The van der Waals surface area contributed by atoms with Crippen LogP contribution in [0.5, 0.6) is 0 Å². The highest BCUT2D eigenvalue weighted by atomic mass is 15.1. The summed E-state index contributed by atoms with van der Waals surface area (Å²) in [5.41, 5.74) is 11.4. The highest BCUT2D eigenvalue weighted by Crippen LogP contribution is 2.34. The van der Waals surface area contributed by atoms with Gasteiger partial charge in [0, 0.05) is 63.7 Å². The molecule has 7 aromatic heterocycles. The molecule has 7 nitrogen and oxygen atoms in total. The number of pyridine rings is 6. The number of rotatable bonds is 5. The molecular formula is C44H27N7. The largest absolute Gasteiger partial charge is 0.294 e. The topological polar surface area (TPSA) is 82.3 Å². The van der Waals surface area contributed by atoms with Gasteiger partial charge >= 0.3 is 0 Å². The predicted molar refractivity (Wildman–Crippen MR) is 204 cm³/mol. The fraction of sp³-hybridized carbons (Fsp3) is 0. The van der Waals surface area contributed by atoms with Gasteiger partial charge in [-0.25, -0.2) is 15.0 Å². The van der Waals surface area contributed by atoms with Crippen LogP contribution in [0.25, 0.3) is 94.5 Å². The molecule has 0 bridgehead atoms. The lowest BCUT2D eigenvalue weighted by atomic mass is 9.98. The molecule has 0 amide bonds. The minimum atomic E-state index is 0.789. The molecule has 0 aliphatic carbocycles. The molecular weight excluding hydrogens is 627 g/mol. The summed E-state index contributed by atoms with van der Waals surface area (Å²) in [5, 5.41) is 4.44. The van der Waals surface area contributed by atoms with Gasteiger partial charge in [0.15, 0.2) is 0 Å². The number of para-hydroxylation sites is 1. The quantitative estimate of drug-likeness (QED) is 0.172. The molecule has 3 aromatic carbocycles. The van der Waals surface area contributed by atoms with E-state index in [1.165, 1.54) is 0 Å². The predicted octanol–water partition coefficient (Wildman–Crippen LogP) is 10.1. The van der Waals surface area contributed by atoms with Crippen molar-refractivity contribution in [2.75, 3.05) is 0 Å². The average molecular weight is 654 g/mol. The molecule has 10 rings (SSSR count). The van der Waals surface area contributed by atoms with Crippen LogP contribution in [0.3, 0.4) is 0 Å². The number of aromatic nitrogens is 7. The summed E-state index contributed by atoms with van der Waals surface area (Å²) in [6.45, 7) is 0. The van der Waals surface area contributed by atoms with Gasteiger partial charge in [-0.05, 0) is 96.1 Å². The summed E-state index contributed by atoms with van der Waals surface area (Å²) in [7, 11) is 0. The second kappa shape index (κ2) is 11.8. The van der Waals surface area contributed by atoms with Crippen molar-refractivity contribution in [1.29, 1.82) is 0 Å². The minimum absolute atomic E-state index is 0.789. The Labute approximate surface area is 292 Å². The third-order valence-corrected chi connectivity index (χ3v) is 9.44. The van der Waals surface area contributed by atoms with Gasteiger partial charge in [0.25, 0.3) is 0 Å². The summed E-state index contributed by atoms with van der Waals surface area (Å²) in [4.78, 5) is 28.7. The Balaban J connectivity index is 1.07. The van der Waals surface area contributed by atoms with Gasteiger partial charge in [0.2, 0.25) is 0 Å². The second-order valence-electron chi connectivity index (χ2n) is 12.5. The summed E-state index contributed by atoms with van der Waals surface area (Å²) >= 11 is 0. The zero-order chi connectivity index (χ0) is 33.7. The molecule has 7 heteroatoms. The van der Waals surface area contributed by atoms with Crippen LogP contribution in [-0.2, 0) is 0 Å². The van der Waals surface area contributed by atoms with Crippen LogP contribution in [0.2, 0.25) is 0 Å². The monoisotopic (exact) mass is 653 g/mol. The molecule has 0 aliphatic heterocycles. The van der Waals surface area contributed by atoms with Gasteiger partial charge in [-0.2, -0.15) is 0 Å². The Hall–Kier alpha value is -7.12. The van der Waals surface area contributed by atoms with Gasteiger partial charge < -0.3 is 0 Å². The number of hydrogen-bond acceptors (Lipinski definition) is 6. The zero-order valence-corrected chi connectivity index (χ0v) is 27.2. The number of nitrogens with zero attached hydrogens (tertiary/aromatic N) is 7. The summed E-state index contributed by atoms with van der Waals surface area (Å²) < 4.78 is 2.19. The summed E-state index contributed by atoms with van der Waals surface area (Å²) in [6.07, 6.45) is 9.26. The van der Waals surface area contributed by atoms with Gasteiger partial charge in [-0.3, -0.25) is 19.5 Å². The Morgan fingerprint density at radius 2 is 1.20 bits per heavy atom. The SMILES string of the molecule is c1ccc(-c2cc(-c3cccc(-c4ccc5c(ccc6ncccc65)n4)c3)cc(-c3ccc(-n4c5ccccc5c5cnccc54)nc3)n2)nc1. The molecule has 10 aromatic rings. The highest BCUT2D eigenvalue weighted by molar-refractivity contribution is 6.08. The Morgan fingerprint density at radius 3 is 2.12 bits per heavy atom. The van der Waals surface area contributed by atoms with E-state index in [0.717, 1.165) is 94.5 Å². The maximum absolute atomic E-state index is 5.10. The van der Waals surface area contributed by atoms with E-state index in [0.29, 0.717) is 0 Å². The summed E-state index contributed by atoms with van der Waals surface area (Å²) in [5.74, 6) is 0.831. The first-order chi connectivity index (χ1) is 25.3. The maximum Gasteiger partial charge on any atom is 0.137 e. The molecule has 0 fully saturated rings. The lowest BCUT2D eigenvalue weighted by Gasteiger charge is -2.12. The van der Waals surface area contributed by atoms with Crippen LogP contribution in [0.1, 0.15) is 0 Å². The lowest BCUT2D eigenvalue weighted by molar-refractivity contribution is 1.08. The van der Waals surface area contributed by atoms with Gasteiger partial charge in [0.1, 0.15) is 5.82 Å². The van der Waals surface area contributed by atoms with Crippen LogP contribution < -0.4 is 0 Å². The van der Waals surface area contributed by atoms with E-state index in [2.05, 4.69) is 111 Å². The van der Waals surface area contributed by atoms with Crippen molar-refractivity contribution in [3.63, 3.8) is 0 Å². The van der Waals surface area contributed by atoms with Gasteiger partial charge in [-0.1, -0.05) is 48.5 Å². The normalized spacial score (nSPS) is 11.5. The Kier molecular flexibility index (Phi) is 6.67. The first-order valence-electron chi connectivity index (χ1n) is 16.8. The molecule has 0 N–H and O–H groups in total. The third-order valence-electron chi connectivity index (χ3n) is 9.44. The van der Waals surface area contributed by atoms with Crippen LogP contribution in [0, 0.1) is 0 Å². The Bertz CT molecular complexity index is 2860. The zero-order valence-electron chi connectivity index (χ0n) is 27.2. The van der Waals surface area contributed by atoms with Crippen molar-refractivity contribution < 1.29 is 0 Å². The van der Waals surface area contributed by atoms with Crippen molar-refractivity contribution in [1.82, 2.24) is 34.5 Å². The van der Waals surface area contributed by atoms with Crippen LogP contribution >= 0.6 is 0 Å². The number of fused-ring (bicyclic) bond motifs is 6. The third kappa shape index (κ3) is 4.99. The van der Waals surface area contributed by atoms with Crippen molar-refractivity contribution in [3.8, 4) is 50.8 Å². The van der Waals surface area contributed by atoms with Crippen molar-refractivity contribution in [2.24, 2.45) is 0 Å². The van der Waals surface area contributed by atoms with E-state index in [9.17, 15) is 0 Å². The molecule has 0 saturated heterocycles. The standard InChI is InChI=1S/C44H27N7/c1-2-12-42-34(9-1)35-27-45-22-19-43(35)51(42)44-18-13-30(26-48-44)40-24-31(25-41(50-40)39-11-3-4-20-47-39)28-7-5-8-29(23-28)36-15-14-33-32-10-6-21-46-37(32)16-17-38(33)49-36/h1-27H. The fourth-order valence-corrected chi connectivity index (χ4v) is 7.01. The van der Waals surface area contributed by atoms with Gasteiger partial charge in [-0.15, -0.1) is 0 Å². The first kappa shape index (κ1) is 28.9. The highest BCUT2D eigenvalue weighted by Gasteiger charge is 2.15. The molecule has 0 radical (unpaired) electrons. The van der Waals surface area contributed by atoms with Crippen LogP contribution in [0.15, 0.2) is 164 Å². The van der Waals surface area contributed by atoms with E-state index in [1.807, 2.05) is 67.3 Å².